The van der Waals surface area contributed by atoms with Crippen LogP contribution in [0, 0.1) is 5.92 Å². The Bertz CT molecular complexity index is 181. The van der Waals surface area contributed by atoms with E-state index in [1.165, 1.54) is 12.8 Å². The Labute approximate surface area is 58.6 Å². The van der Waals surface area contributed by atoms with E-state index in [1.807, 2.05) is 6.08 Å². The van der Waals surface area contributed by atoms with E-state index < -0.39 is 0 Å². The number of rotatable bonds is 1. The van der Waals surface area contributed by atoms with E-state index in [2.05, 4.69) is 10.2 Å². The maximum absolute atomic E-state index is 5.64. The molecule has 0 aromatic carbocycles. The van der Waals surface area contributed by atoms with E-state index in [0.717, 1.165) is 5.70 Å². The van der Waals surface area contributed by atoms with Crippen LogP contribution >= 0.6 is 11.6 Å². The zero-order valence-electron chi connectivity index (χ0n) is 4.92. The van der Waals surface area contributed by atoms with Gasteiger partial charge in [-0.15, -0.1) is 0 Å². The number of hydrogen-bond acceptors (Lipinski definition) is 2. The lowest BCUT2D eigenvalue weighted by atomic mass is 10.3. The van der Waals surface area contributed by atoms with Crippen molar-refractivity contribution in [3.63, 3.8) is 0 Å². The van der Waals surface area contributed by atoms with Crippen molar-refractivity contribution in [1.29, 1.82) is 0 Å². The SMILES string of the molecule is Cl[C@H]1C=C(C2CC2)N=N1. The van der Waals surface area contributed by atoms with Crippen LogP contribution in [0.5, 0.6) is 0 Å². The second kappa shape index (κ2) is 1.81. The summed E-state index contributed by atoms with van der Waals surface area (Å²) in [7, 11) is 0. The van der Waals surface area contributed by atoms with Gasteiger partial charge in [-0.1, -0.05) is 11.6 Å². The lowest BCUT2D eigenvalue weighted by molar-refractivity contribution is 0.950. The summed E-state index contributed by atoms with van der Waals surface area (Å²) in [5, 5.41) is 7.71. The lowest BCUT2D eigenvalue weighted by Gasteiger charge is -1.85. The molecule has 2 nitrogen and oxygen atoms in total. The second-order valence-corrected chi connectivity index (χ2v) is 2.90. The molecule has 0 spiro atoms. The van der Waals surface area contributed by atoms with Crippen molar-refractivity contribution >= 4 is 11.6 Å². The molecule has 2 rings (SSSR count). The van der Waals surface area contributed by atoms with Gasteiger partial charge in [0.1, 0.15) is 0 Å². The van der Waals surface area contributed by atoms with Gasteiger partial charge in [0, 0.05) is 5.92 Å². The quantitative estimate of drug-likeness (QED) is 0.397. The van der Waals surface area contributed by atoms with E-state index in [9.17, 15) is 0 Å². The second-order valence-electron chi connectivity index (χ2n) is 2.45. The summed E-state index contributed by atoms with van der Waals surface area (Å²) in [5.41, 5.74) is 0.926. The Hall–Kier alpha value is -0.370. The van der Waals surface area contributed by atoms with Gasteiger partial charge in [0.05, 0.1) is 5.70 Å². The van der Waals surface area contributed by atoms with Crippen molar-refractivity contribution in [3.8, 4) is 0 Å². The Morgan fingerprint density at radius 2 is 2.33 bits per heavy atom. The first-order valence-electron chi connectivity index (χ1n) is 3.13. The Morgan fingerprint density at radius 1 is 1.56 bits per heavy atom. The maximum atomic E-state index is 5.64. The average Bonchev–Trinajstić information content (AvgIpc) is 2.58. The zero-order chi connectivity index (χ0) is 6.27. The number of alkyl halides is 1. The van der Waals surface area contributed by atoms with Crippen LogP contribution < -0.4 is 0 Å². The van der Waals surface area contributed by atoms with Crippen molar-refractivity contribution in [3.05, 3.63) is 11.8 Å². The van der Waals surface area contributed by atoms with Crippen molar-refractivity contribution in [1.82, 2.24) is 0 Å². The predicted molar refractivity (Wildman–Crippen MR) is 35.3 cm³/mol. The maximum Gasteiger partial charge on any atom is 0.165 e. The molecule has 2 aliphatic rings. The highest BCUT2D eigenvalue weighted by molar-refractivity contribution is 6.21. The molecule has 1 fully saturated rings. The predicted octanol–water partition coefficient (Wildman–Crippen LogP) is 2.31. The molecule has 0 amide bonds. The Kier molecular flexibility index (Phi) is 1.09. The third-order valence-electron chi connectivity index (χ3n) is 1.59. The van der Waals surface area contributed by atoms with Gasteiger partial charge in [0.2, 0.25) is 0 Å². The zero-order valence-corrected chi connectivity index (χ0v) is 5.67. The molecule has 3 heteroatoms. The fourth-order valence-corrected chi connectivity index (χ4v) is 1.10. The minimum absolute atomic E-state index is 0.180. The van der Waals surface area contributed by atoms with Gasteiger partial charge in [-0.25, -0.2) is 0 Å². The number of nitrogens with zero attached hydrogens (tertiary/aromatic N) is 2. The third kappa shape index (κ3) is 0.990. The summed E-state index contributed by atoms with van der Waals surface area (Å²) in [6, 6.07) is 0. The molecule has 0 unspecified atom stereocenters. The highest BCUT2D eigenvalue weighted by atomic mass is 35.5. The monoisotopic (exact) mass is 142 g/mol. The highest BCUT2D eigenvalue weighted by Crippen LogP contribution is 2.39. The van der Waals surface area contributed by atoms with Crippen LogP contribution in [0.4, 0.5) is 0 Å². The smallest absolute Gasteiger partial charge is 0.165 e. The summed E-state index contributed by atoms with van der Waals surface area (Å²) in [4.78, 5) is 0. The molecule has 0 radical (unpaired) electrons. The van der Waals surface area contributed by atoms with E-state index >= 15 is 0 Å². The van der Waals surface area contributed by atoms with Gasteiger partial charge in [-0.05, 0) is 18.9 Å². The summed E-state index contributed by atoms with van der Waals surface area (Å²) < 4.78 is 0. The molecular formula is C6H7ClN2. The van der Waals surface area contributed by atoms with Gasteiger partial charge in [-0.3, -0.25) is 0 Å². The topological polar surface area (TPSA) is 24.7 Å². The molecule has 0 aromatic rings. The van der Waals surface area contributed by atoms with E-state index in [0.29, 0.717) is 5.92 Å². The number of allylic oxidation sites excluding steroid dienone is 1. The number of azo groups is 1. The molecule has 1 aliphatic carbocycles. The molecule has 48 valence electrons. The van der Waals surface area contributed by atoms with Crippen LogP contribution in [0.1, 0.15) is 12.8 Å². The van der Waals surface area contributed by atoms with Crippen molar-refractivity contribution in [2.75, 3.05) is 0 Å². The molecule has 1 heterocycles. The first-order valence-corrected chi connectivity index (χ1v) is 3.56. The van der Waals surface area contributed by atoms with Gasteiger partial charge in [0.15, 0.2) is 5.50 Å². The summed E-state index contributed by atoms with van der Waals surface area (Å²) in [6.07, 6.45) is 4.47. The van der Waals surface area contributed by atoms with Crippen molar-refractivity contribution in [2.24, 2.45) is 16.1 Å². The summed E-state index contributed by atoms with van der Waals surface area (Å²) in [5.74, 6) is 0.692. The van der Waals surface area contributed by atoms with Crippen LogP contribution in [0.3, 0.4) is 0 Å². The standard InChI is InChI=1S/C6H7ClN2/c7-6-3-5(8-9-6)4-1-2-4/h3-4,6H,1-2H2/t6-/m1/s1. The first kappa shape index (κ1) is 5.42. The highest BCUT2D eigenvalue weighted by Gasteiger charge is 2.28. The van der Waals surface area contributed by atoms with Crippen LogP contribution in [-0.2, 0) is 0 Å². The largest absolute Gasteiger partial charge is 0.165 e. The fraction of sp³-hybridized carbons (Fsp3) is 0.667. The van der Waals surface area contributed by atoms with E-state index in [4.69, 9.17) is 11.6 Å². The fourth-order valence-electron chi connectivity index (χ4n) is 0.926. The molecule has 1 saturated carbocycles. The van der Waals surface area contributed by atoms with Crippen LogP contribution in [0.15, 0.2) is 22.0 Å². The lowest BCUT2D eigenvalue weighted by Crippen LogP contribution is -1.80. The average molecular weight is 143 g/mol. The van der Waals surface area contributed by atoms with Crippen LogP contribution in [0.2, 0.25) is 0 Å². The minimum Gasteiger partial charge on any atom is -0.165 e. The van der Waals surface area contributed by atoms with Crippen LogP contribution in [-0.4, -0.2) is 5.50 Å². The minimum atomic E-state index is -0.180. The van der Waals surface area contributed by atoms with Gasteiger partial charge >= 0.3 is 0 Å². The Morgan fingerprint density at radius 3 is 2.78 bits per heavy atom. The Balaban J connectivity index is 2.12. The molecule has 1 aliphatic heterocycles. The number of halogens is 1. The molecule has 9 heavy (non-hydrogen) atoms. The van der Waals surface area contributed by atoms with Gasteiger partial charge in [-0.2, -0.15) is 10.2 Å². The van der Waals surface area contributed by atoms with Gasteiger partial charge < -0.3 is 0 Å². The van der Waals surface area contributed by atoms with E-state index in [-0.39, 0.29) is 5.50 Å². The van der Waals surface area contributed by atoms with Crippen molar-refractivity contribution in [2.45, 2.75) is 18.3 Å². The summed E-state index contributed by atoms with van der Waals surface area (Å²) in [6.45, 7) is 0. The molecular weight excluding hydrogens is 136 g/mol. The number of hydrogen-bond donors (Lipinski definition) is 0. The molecule has 1 atom stereocenters. The molecule has 0 saturated heterocycles. The summed E-state index contributed by atoms with van der Waals surface area (Å²) >= 11 is 5.64. The molecule has 0 bridgehead atoms. The molecule has 0 N–H and O–H groups in total. The van der Waals surface area contributed by atoms with Crippen LogP contribution in [0.25, 0.3) is 0 Å². The third-order valence-corrected chi connectivity index (χ3v) is 1.80. The van der Waals surface area contributed by atoms with E-state index in [1.54, 1.807) is 0 Å². The first-order chi connectivity index (χ1) is 4.36. The molecule has 0 aromatic heterocycles. The van der Waals surface area contributed by atoms with Crippen molar-refractivity contribution < 1.29 is 0 Å². The normalized spacial score (nSPS) is 33.0. The van der Waals surface area contributed by atoms with Gasteiger partial charge in [0.25, 0.3) is 0 Å².